The van der Waals surface area contributed by atoms with Crippen LogP contribution in [0.15, 0.2) is 30.3 Å². The average molecular weight is 263 g/mol. The minimum Gasteiger partial charge on any atom is -0.370 e. The number of anilines is 1. The second-order valence-electron chi connectivity index (χ2n) is 3.88. The van der Waals surface area contributed by atoms with Crippen molar-refractivity contribution in [1.29, 1.82) is 0 Å². The number of amides is 2. The van der Waals surface area contributed by atoms with E-state index in [0.717, 1.165) is 4.90 Å². The fourth-order valence-corrected chi connectivity index (χ4v) is 1.55. The van der Waals surface area contributed by atoms with Crippen molar-refractivity contribution in [3.05, 3.63) is 30.3 Å². The molecule has 101 valence electrons. The lowest BCUT2D eigenvalue weighted by molar-refractivity contribution is -0.124. The van der Waals surface area contributed by atoms with Crippen LogP contribution in [0.3, 0.4) is 0 Å². The van der Waals surface area contributed by atoms with Crippen molar-refractivity contribution < 1.29 is 14.4 Å². The highest BCUT2D eigenvalue weighted by Crippen LogP contribution is 2.15. The minimum absolute atomic E-state index is 0.326. The summed E-state index contributed by atoms with van der Waals surface area (Å²) >= 11 is 0. The summed E-state index contributed by atoms with van der Waals surface area (Å²) in [4.78, 5) is 34.6. The van der Waals surface area contributed by atoms with Crippen LogP contribution < -0.4 is 22.1 Å². The average Bonchev–Trinajstić information content (AvgIpc) is 2.39. The van der Waals surface area contributed by atoms with Crippen molar-refractivity contribution in [2.24, 2.45) is 17.2 Å². The Labute approximate surface area is 110 Å². The Morgan fingerprint density at radius 2 is 1.79 bits per heavy atom. The van der Waals surface area contributed by atoms with E-state index in [-0.39, 0.29) is 6.42 Å². The molecule has 0 bridgehead atoms. The number of carbonyl (C=O) groups excluding carboxylic acids is 3. The smallest absolute Gasteiger partial charge is 0.246 e. The van der Waals surface area contributed by atoms with Crippen LogP contribution in [0.2, 0.25) is 0 Å². The van der Waals surface area contributed by atoms with E-state index in [4.69, 9.17) is 17.2 Å². The van der Waals surface area contributed by atoms with Gasteiger partial charge in [-0.05, 0) is 12.1 Å². The van der Waals surface area contributed by atoms with Crippen molar-refractivity contribution in [2.75, 3.05) is 4.90 Å². The van der Waals surface area contributed by atoms with Gasteiger partial charge in [-0.25, -0.2) is 0 Å². The third kappa shape index (κ3) is 3.87. The summed E-state index contributed by atoms with van der Waals surface area (Å²) in [6, 6.07) is 7.11. The first-order valence-corrected chi connectivity index (χ1v) is 5.52. The van der Waals surface area contributed by atoms with E-state index in [2.05, 4.69) is 0 Å². The van der Waals surface area contributed by atoms with E-state index in [1.54, 1.807) is 30.3 Å². The number of rotatable bonds is 6. The molecule has 0 fully saturated rings. The molecule has 0 aliphatic carbocycles. The molecule has 0 saturated carbocycles. The zero-order valence-corrected chi connectivity index (χ0v) is 10.2. The highest BCUT2D eigenvalue weighted by atomic mass is 16.2. The first-order chi connectivity index (χ1) is 8.97. The lowest BCUT2D eigenvalue weighted by Crippen LogP contribution is -2.54. The van der Waals surface area contributed by atoms with Gasteiger partial charge in [0.1, 0.15) is 0 Å². The van der Waals surface area contributed by atoms with Gasteiger partial charge in [0, 0.05) is 5.69 Å². The molecule has 0 aliphatic heterocycles. The standard InChI is InChI=1S/C12H15N4O3/c13-9(6-11(15)18)12(19)16(10(14)7-17)8-4-2-1-3-5-8/h1-5,9-10H,6,13-14H2,(H2,15,18)/t9-,10+/m0/s1. The number of nitrogens with zero attached hydrogens (tertiary/aromatic N) is 1. The van der Waals surface area contributed by atoms with Crippen LogP contribution in [0.5, 0.6) is 0 Å². The predicted octanol–water partition coefficient (Wildman–Crippen LogP) is -1.38. The Bertz CT molecular complexity index is 463. The normalized spacial score (nSPS) is 13.4. The topological polar surface area (TPSA) is 133 Å². The van der Waals surface area contributed by atoms with E-state index in [0.29, 0.717) is 5.69 Å². The number of hydrogen-bond donors (Lipinski definition) is 3. The second kappa shape index (κ2) is 6.62. The zero-order valence-electron chi connectivity index (χ0n) is 10.2. The molecular weight excluding hydrogens is 248 g/mol. The van der Waals surface area contributed by atoms with Crippen LogP contribution in [0.1, 0.15) is 6.42 Å². The quantitative estimate of drug-likeness (QED) is 0.544. The SMILES string of the molecule is NC(=O)C[C@H](N)C(=O)N(c1ccccc1)[C@@H](N)[C]=O. The van der Waals surface area contributed by atoms with Crippen molar-refractivity contribution in [1.82, 2.24) is 0 Å². The van der Waals surface area contributed by atoms with Gasteiger partial charge in [0.2, 0.25) is 18.1 Å². The number of benzene rings is 1. The van der Waals surface area contributed by atoms with Crippen molar-refractivity contribution in [3.8, 4) is 0 Å². The first-order valence-electron chi connectivity index (χ1n) is 5.52. The molecule has 2 atom stereocenters. The summed E-state index contributed by atoms with van der Waals surface area (Å²) in [5.41, 5.74) is 16.5. The molecule has 0 aromatic heterocycles. The van der Waals surface area contributed by atoms with Gasteiger partial charge in [-0.1, -0.05) is 18.2 Å². The van der Waals surface area contributed by atoms with Gasteiger partial charge in [-0.15, -0.1) is 0 Å². The van der Waals surface area contributed by atoms with Crippen molar-refractivity contribution >= 4 is 23.8 Å². The van der Waals surface area contributed by atoms with Gasteiger partial charge in [0.25, 0.3) is 0 Å². The Morgan fingerprint density at radius 1 is 1.21 bits per heavy atom. The molecule has 0 saturated heterocycles. The number of nitrogens with two attached hydrogens (primary N) is 3. The summed E-state index contributed by atoms with van der Waals surface area (Å²) in [6.45, 7) is 0. The van der Waals surface area contributed by atoms with Gasteiger partial charge in [-0.2, -0.15) is 0 Å². The van der Waals surface area contributed by atoms with Crippen LogP contribution in [0.25, 0.3) is 0 Å². The van der Waals surface area contributed by atoms with E-state index < -0.39 is 24.0 Å². The molecule has 0 heterocycles. The van der Waals surface area contributed by atoms with Crippen LogP contribution in [0.4, 0.5) is 5.69 Å². The largest absolute Gasteiger partial charge is 0.370 e. The monoisotopic (exact) mass is 263 g/mol. The Hall–Kier alpha value is -2.25. The Balaban J connectivity index is 3.01. The molecule has 19 heavy (non-hydrogen) atoms. The lowest BCUT2D eigenvalue weighted by Gasteiger charge is -2.27. The zero-order chi connectivity index (χ0) is 14.4. The molecule has 0 spiro atoms. The Morgan fingerprint density at radius 3 is 2.26 bits per heavy atom. The lowest BCUT2D eigenvalue weighted by atomic mass is 10.1. The molecule has 6 N–H and O–H groups in total. The van der Waals surface area contributed by atoms with E-state index in [1.165, 1.54) is 6.29 Å². The summed E-state index contributed by atoms with van der Waals surface area (Å²) in [5, 5.41) is 0. The van der Waals surface area contributed by atoms with Crippen LogP contribution in [-0.4, -0.2) is 30.3 Å². The molecule has 1 rings (SSSR count). The molecule has 1 radical (unpaired) electrons. The maximum Gasteiger partial charge on any atom is 0.246 e. The molecule has 0 unspecified atom stereocenters. The summed E-state index contributed by atoms with van der Waals surface area (Å²) in [5.74, 6) is -1.38. The van der Waals surface area contributed by atoms with Gasteiger partial charge in [0.05, 0.1) is 12.5 Å². The van der Waals surface area contributed by atoms with E-state index >= 15 is 0 Å². The molecule has 2 amide bonds. The second-order valence-corrected chi connectivity index (χ2v) is 3.88. The van der Waals surface area contributed by atoms with Crippen molar-refractivity contribution in [3.63, 3.8) is 0 Å². The van der Waals surface area contributed by atoms with Gasteiger partial charge in [-0.3, -0.25) is 19.3 Å². The maximum atomic E-state index is 12.1. The highest BCUT2D eigenvalue weighted by Gasteiger charge is 2.28. The minimum atomic E-state index is -1.30. The maximum absolute atomic E-state index is 12.1. The number of para-hydroxylation sites is 1. The molecule has 1 aromatic rings. The molecule has 1 aromatic carbocycles. The first kappa shape index (κ1) is 14.8. The molecular formula is C12H15N4O3. The molecule has 0 aliphatic rings. The fraction of sp³-hybridized carbons (Fsp3) is 0.250. The van der Waals surface area contributed by atoms with Crippen LogP contribution in [0, 0.1) is 0 Å². The van der Waals surface area contributed by atoms with Crippen LogP contribution in [-0.2, 0) is 14.4 Å². The van der Waals surface area contributed by atoms with Gasteiger partial charge >= 0.3 is 0 Å². The van der Waals surface area contributed by atoms with Gasteiger partial charge in [0.15, 0.2) is 6.17 Å². The third-order valence-electron chi connectivity index (χ3n) is 2.41. The predicted molar refractivity (Wildman–Crippen MR) is 69.4 cm³/mol. The summed E-state index contributed by atoms with van der Waals surface area (Å²) in [6.07, 6.45) is -0.109. The fourth-order valence-electron chi connectivity index (χ4n) is 1.55. The number of carbonyl (C=O) groups is 2. The van der Waals surface area contributed by atoms with E-state index in [1.807, 2.05) is 0 Å². The Kier molecular flexibility index (Phi) is 5.16. The van der Waals surface area contributed by atoms with E-state index in [9.17, 15) is 14.4 Å². The number of primary amides is 1. The van der Waals surface area contributed by atoms with Crippen LogP contribution >= 0.6 is 0 Å². The highest BCUT2D eigenvalue weighted by molar-refractivity contribution is 6.01. The summed E-state index contributed by atoms with van der Waals surface area (Å²) in [7, 11) is 0. The molecule has 7 heteroatoms. The van der Waals surface area contributed by atoms with Gasteiger partial charge < -0.3 is 17.2 Å². The number of hydrogen-bond acceptors (Lipinski definition) is 5. The van der Waals surface area contributed by atoms with Crippen molar-refractivity contribution in [2.45, 2.75) is 18.6 Å². The summed E-state index contributed by atoms with van der Waals surface area (Å²) < 4.78 is 0. The molecule has 7 nitrogen and oxygen atoms in total. The third-order valence-corrected chi connectivity index (χ3v) is 2.41.